The van der Waals surface area contributed by atoms with Crippen LogP contribution in [0.3, 0.4) is 0 Å². The molecule has 0 aromatic heterocycles. The van der Waals surface area contributed by atoms with Gasteiger partial charge in [-0.25, -0.2) is 0 Å². The summed E-state index contributed by atoms with van der Waals surface area (Å²) in [7, 11) is 1.65. The molecule has 1 aromatic carbocycles. The summed E-state index contributed by atoms with van der Waals surface area (Å²) >= 11 is 0. The Morgan fingerprint density at radius 3 is 2.50 bits per heavy atom. The predicted molar refractivity (Wildman–Crippen MR) is 121 cm³/mol. The van der Waals surface area contributed by atoms with Gasteiger partial charge < -0.3 is 20.9 Å². The highest BCUT2D eigenvalue weighted by molar-refractivity contribution is 14.0. The lowest BCUT2D eigenvalue weighted by Crippen LogP contribution is -2.39. The highest BCUT2D eigenvalue weighted by Gasteiger charge is 2.04. The summed E-state index contributed by atoms with van der Waals surface area (Å²) in [5.41, 5.74) is 1.83. The second-order valence-corrected chi connectivity index (χ2v) is 5.74. The third-order valence-electron chi connectivity index (χ3n) is 4.05. The van der Waals surface area contributed by atoms with Crippen molar-refractivity contribution < 1.29 is 4.79 Å². The van der Waals surface area contributed by atoms with Crippen molar-refractivity contribution in [2.45, 2.75) is 27.2 Å². The summed E-state index contributed by atoms with van der Waals surface area (Å²) < 4.78 is 0. The van der Waals surface area contributed by atoms with Gasteiger partial charge in [0.2, 0.25) is 0 Å². The van der Waals surface area contributed by atoms with E-state index in [-0.39, 0.29) is 29.9 Å². The van der Waals surface area contributed by atoms with Crippen molar-refractivity contribution >= 4 is 35.8 Å². The molecule has 0 unspecified atom stereocenters. The fraction of sp³-hybridized carbons (Fsp3) is 0.579. The van der Waals surface area contributed by atoms with E-state index >= 15 is 0 Å². The molecule has 1 amide bonds. The summed E-state index contributed by atoms with van der Waals surface area (Å²) in [4.78, 5) is 18.7. The topological polar surface area (TPSA) is 68.8 Å². The Bertz CT molecular complexity index is 546. The van der Waals surface area contributed by atoms with Crippen LogP contribution in [0.1, 0.15) is 36.7 Å². The number of halogens is 1. The number of amides is 1. The van der Waals surface area contributed by atoms with Gasteiger partial charge in [-0.2, -0.15) is 0 Å². The van der Waals surface area contributed by atoms with Gasteiger partial charge in [0.05, 0.1) is 6.54 Å². The zero-order valence-corrected chi connectivity index (χ0v) is 18.8. The monoisotopic (exact) mass is 475 g/mol. The summed E-state index contributed by atoms with van der Waals surface area (Å²) in [5.74, 6) is 0.790. The number of rotatable bonds is 10. The molecule has 0 aliphatic heterocycles. The molecule has 0 bridgehead atoms. The fourth-order valence-corrected chi connectivity index (χ4v) is 2.52. The average Bonchev–Trinajstić information content (AvgIpc) is 2.64. The van der Waals surface area contributed by atoms with Gasteiger partial charge in [-0.15, -0.1) is 24.0 Å². The SMILES string of the molecule is CCNC(=NCCN(CC)CC)NCCc1cccc(C(=O)NC)c1.I. The molecule has 0 saturated heterocycles. The third-order valence-corrected chi connectivity index (χ3v) is 4.05. The maximum absolute atomic E-state index is 11.7. The van der Waals surface area contributed by atoms with Crippen molar-refractivity contribution in [2.75, 3.05) is 46.3 Å². The van der Waals surface area contributed by atoms with E-state index in [4.69, 9.17) is 0 Å². The molecule has 26 heavy (non-hydrogen) atoms. The molecule has 0 saturated carbocycles. The maximum Gasteiger partial charge on any atom is 0.251 e. The number of hydrogen-bond donors (Lipinski definition) is 3. The fourth-order valence-electron chi connectivity index (χ4n) is 2.52. The van der Waals surface area contributed by atoms with Gasteiger partial charge in [-0.05, 0) is 44.1 Å². The Labute approximate surface area is 175 Å². The quantitative estimate of drug-likeness (QED) is 0.276. The van der Waals surface area contributed by atoms with Crippen LogP contribution in [-0.2, 0) is 6.42 Å². The third kappa shape index (κ3) is 9.38. The van der Waals surface area contributed by atoms with Crippen molar-refractivity contribution in [2.24, 2.45) is 4.99 Å². The van der Waals surface area contributed by atoms with Crippen LogP contribution in [0.2, 0.25) is 0 Å². The first-order valence-corrected chi connectivity index (χ1v) is 9.20. The van der Waals surface area contributed by atoms with Crippen LogP contribution >= 0.6 is 24.0 Å². The van der Waals surface area contributed by atoms with Crippen LogP contribution in [0, 0.1) is 0 Å². The standard InChI is InChI=1S/C19H33N5O.HI/c1-5-21-19(23-13-14-24(6-2)7-3)22-12-11-16-9-8-10-17(15-16)18(25)20-4;/h8-10,15H,5-7,11-14H2,1-4H3,(H,20,25)(H2,21,22,23);1H. The minimum Gasteiger partial charge on any atom is -0.357 e. The lowest BCUT2D eigenvalue weighted by molar-refractivity contribution is 0.0963. The largest absolute Gasteiger partial charge is 0.357 e. The molecule has 7 heteroatoms. The number of likely N-dealkylation sites (N-methyl/N-ethyl adjacent to an activating group) is 1. The van der Waals surface area contributed by atoms with Gasteiger partial charge in [0.1, 0.15) is 0 Å². The molecule has 1 rings (SSSR count). The minimum atomic E-state index is -0.0545. The predicted octanol–water partition coefficient (Wildman–Crippen LogP) is 2.10. The lowest BCUT2D eigenvalue weighted by Gasteiger charge is -2.17. The van der Waals surface area contributed by atoms with E-state index in [2.05, 4.69) is 46.6 Å². The Kier molecular flexibility index (Phi) is 14.0. The van der Waals surface area contributed by atoms with Crippen LogP contribution in [0.15, 0.2) is 29.3 Å². The summed E-state index contributed by atoms with van der Waals surface area (Å²) in [6.45, 7) is 11.9. The van der Waals surface area contributed by atoms with Crippen LogP contribution < -0.4 is 16.0 Å². The van der Waals surface area contributed by atoms with Crippen molar-refractivity contribution in [3.05, 3.63) is 35.4 Å². The molecular formula is C19H34IN5O. The van der Waals surface area contributed by atoms with E-state index in [0.29, 0.717) is 5.56 Å². The Balaban J connectivity index is 0.00000625. The number of guanidine groups is 1. The first kappa shape index (κ1) is 24.7. The van der Waals surface area contributed by atoms with E-state index in [9.17, 15) is 4.79 Å². The van der Waals surface area contributed by atoms with E-state index in [1.54, 1.807) is 7.05 Å². The molecule has 3 N–H and O–H groups in total. The van der Waals surface area contributed by atoms with Gasteiger partial charge >= 0.3 is 0 Å². The number of benzene rings is 1. The summed E-state index contributed by atoms with van der Waals surface area (Å²) in [6, 6.07) is 7.72. The number of nitrogens with zero attached hydrogens (tertiary/aromatic N) is 2. The molecule has 148 valence electrons. The highest BCUT2D eigenvalue weighted by Crippen LogP contribution is 2.05. The summed E-state index contributed by atoms with van der Waals surface area (Å²) in [5, 5.41) is 9.29. The smallest absolute Gasteiger partial charge is 0.251 e. The molecule has 0 fully saturated rings. The van der Waals surface area contributed by atoms with Crippen molar-refractivity contribution in [1.29, 1.82) is 0 Å². The Morgan fingerprint density at radius 2 is 1.88 bits per heavy atom. The Morgan fingerprint density at radius 1 is 1.15 bits per heavy atom. The van der Waals surface area contributed by atoms with Gasteiger partial charge in [0.15, 0.2) is 5.96 Å². The molecule has 1 aromatic rings. The van der Waals surface area contributed by atoms with Crippen molar-refractivity contribution in [3.63, 3.8) is 0 Å². The number of hydrogen-bond acceptors (Lipinski definition) is 3. The van der Waals surface area contributed by atoms with E-state index in [1.165, 1.54) is 0 Å². The second-order valence-electron chi connectivity index (χ2n) is 5.74. The molecular weight excluding hydrogens is 441 g/mol. The first-order chi connectivity index (χ1) is 12.1. The molecule has 0 heterocycles. The van der Waals surface area contributed by atoms with Gasteiger partial charge in [0, 0.05) is 32.2 Å². The molecule has 0 radical (unpaired) electrons. The molecule has 0 spiro atoms. The average molecular weight is 475 g/mol. The van der Waals surface area contributed by atoms with Gasteiger partial charge in [-0.3, -0.25) is 9.79 Å². The number of nitrogens with one attached hydrogen (secondary N) is 3. The first-order valence-electron chi connectivity index (χ1n) is 9.20. The second kappa shape index (κ2) is 14.8. The van der Waals surface area contributed by atoms with Gasteiger partial charge in [-0.1, -0.05) is 26.0 Å². The van der Waals surface area contributed by atoms with Crippen LogP contribution in [0.5, 0.6) is 0 Å². The normalized spacial score (nSPS) is 11.0. The van der Waals surface area contributed by atoms with E-state index in [1.807, 2.05) is 24.3 Å². The Hall–Kier alpha value is -1.35. The van der Waals surface area contributed by atoms with Crippen LogP contribution in [0.4, 0.5) is 0 Å². The van der Waals surface area contributed by atoms with Crippen molar-refractivity contribution in [3.8, 4) is 0 Å². The minimum absolute atomic E-state index is 0. The highest BCUT2D eigenvalue weighted by atomic mass is 127. The van der Waals surface area contributed by atoms with Crippen LogP contribution in [-0.4, -0.2) is 63.1 Å². The molecule has 6 nitrogen and oxygen atoms in total. The zero-order chi connectivity index (χ0) is 18.5. The number of aliphatic imine (C=N–C) groups is 1. The number of carbonyl (C=O) groups is 1. The van der Waals surface area contributed by atoms with Crippen molar-refractivity contribution in [1.82, 2.24) is 20.9 Å². The van der Waals surface area contributed by atoms with E-state index < -0.39 is 0 Å². The maximum atomic E-state index is 11.7. The van der Waals surface area contributed by atoms with Crippen LogP contribution in [0.25, 0.3) is 0 Å². The number of carbonyl (C=O) groups excluding carboxylic acids is 1. The molecule has 0 aliphatic rings. The van der Waals surface area contributed by atoms with E-state index in [0.717, 1.165) is 57.2 Å². The summed E-state index contributed by atoms with van der Waals surface area (Å²) in [6.07, 6.45) is 0.839. The molecule has 0 atom stereocenters. The zero-order valence-electron chi connectivity index (χ0n) is 16.5. The lowest BCUT2D eigenvalue weighted by atomic mass is 10.1. The van der Waals surface area contributed by atoms with Gasteiger partial charge in [0.25, 0.3) is 5.91 Å². The molecule has 0 aliphatic carbocycles.